The van der Waals surface area contributed by atoms with Gasteiger partial charge in [-0.15, -0.1) is 0 Å². The number of hydrogen-bond donors (Lipinski definition) is 1. The van der Waals surface area contributed by atoms with Crippen LogP contribution in [0.2, 0.25) is 0 Å². The fourth-order valence-electron chi connectivity index (χ4n) is 2.02. The van der Waals surface area contributed by atoms with Crippen molar-refractivity contribution < 1.29 is 19.4 Å². The molecular formula is C15H21NO4. The third-order valence-electron chi connectivity index (χ3n) is 2.92. The minimum atomic E-state index is -0.706. The van der Waals surface area contributed by atoms with Crippen LogP contribution < -0.4 is 4.74 Å². The first-order valence-corrected chi connectivity index (χ1v) is 6.73. The van der Waals surface area contributed by atoms with Crippen molar-refractivity contribution in [2.75, 3.05) is 13.1 Å². The van der Waals surface area contributed by atoms with Crippen molar-refractivity contribution in [2.45, 2.75) is 38.6 Å². The number of β-amino-alcohol motifs (C(OH)–C–C–N with tert-alkyl or cyclic N) is 1. The van der Waals surface area contributed by atoms with Crippen molar-refractivity contribution in [3.8, 4) is 5.75 Å². The molecule has 1 fully saturated rings. The maximum absolute atomic E-state index is 11.9. The summed E-state index contributed by atoms with van der Waals surface area (Å²) in [6.07, 6.45) is -1.55. The highest BCUT2D eigenvalue weighted by Crippen LogP contribution is 2.20. The fraction of sp³-hybridized carbons (Fsp3) is 0.533. The molecule has 20 heavy (non-hydrogen) atoms. The first-order valence-electron chi connectivity index (χ1n) is 6.73. The van der Waals surface area contributed by atoms with Crippen molar-refractivity contribution in [2.24, 2.45) is 0 Å². The van der Waals surface area contributed by atoms with Gasteiger partial charge in [-0.3, -0.25) is 0 Å². The Morgan fingerprint density at radius 1 is 1.25 bits per heavy atom. The molecule has 1 amide bonds. The highest BCUT2D eigenvalue weighted by Gasteiger charge is 2.37. The lowest BCUT2D eigenvalue weighted by Gasteiger charge is -2.24. The van der Waals surface area contributed by atoms with E-state index < -0.39 is 23.9 Å². The number of likely N-dealkylation sites (tertiary alicyclic amines) is 1. The molecule has 1 aliphatic rings. The zero-order chi connectivity index (χ0) is 14.8. The highest BCUT2D eigenvalue weighted by molar-refractivity contribution is 5.68. The molecule has 110 valence electrons. The largest absolute Gasteiger partial charge is 0.486 e. The number of aliphatic hydroxyl groups excluding tert-OH is 1. The summed E-state index contributed by atoms with van der Waals surface area (Å²) < 4.78 is 11.0. The molecule has 0 aliphatic carbocycles. The van der Waals surface area contributed by atoms with Crippen LogP contribution in [0.15, 0.2) is 30.3 Å². The molecule has 1 aromatic carbocycles. The van der Waals surface area contributed by atoms with Crippen LogP contribution in [-0.2, 0) is 4.74 Å². The molecule has 2 rings (SSSR count). The monoisotopic (exact) mass is 279 g/mol. The first kappa shape index (κ1) is 14.7. The van der Waals surface area contributed by atoms with Crippen molar-refractivity contribution in [3.63, 3.8) is 0 Å². The Bertz CT molecular complexity index is 455. The van der Waals surface area contributed by atoms with Crippen LogP contribution in [0, 0.1) is 0 Å². The molecule has 0 unspecified atom stereocenters. The molecule has 0 radical (unpaired) electrons. The van der Waals surface area contributed by atoms with Crippen LogP contribution in [-0.4, -0.2) is 47.0 Å². The van der Waals surface area contributed by atoms with Gasteiger partial charge < -0.3 is 19.5 Å². The minimum Gasteiger partial charge on any atom is -0.486 e. The average Bonchev–Trinajstić information content (AvgIpc) is 2.70. The Morgan fingerprint density at radius 3 is 2.50 bits per heavy atom. The van der Waals surface area contributed by atoms with E-state index in [0.29, 0.717) is 12.3 Å². The summed E-state index contributed by atoms with van der Waals surface area (Å²) in [6, 6.07) is 9.27. The first-order chi connectivity index (χ1) is 9.35. The smallest absolute Gasteiger partial charge is 0.410 e. The fourth-order valence-corrected chi connectivity index (χ4v) is 2.02. The van der Waals surface area contributed by atoms with Gasteiger partial charge in [0.05, 0.1) is 13.1 Å². The van der Waals surface area contributed by atoms with Crippen molar-refractivity contribution >= 4 is 6.09 Å². The Labute approximate surface area is 119 Å². The van der Waals surface area contributed by atoms with Gasteiger partial charge in [0.1, 0.15) is 23.6 Å². The topological polar surface area (TPSA) is 59.0 Å². The van der Waals surface area contributed by atoms with Crippen LogP contribution in [0.4, 0.5) is 4.79 Å². The summed E-state index contributed by atoms with van der Waals surface area (Å²) in [5.41, 5.74) is -0.541. The van der Waals surface area contributed by atoms with E-state index in [1.807, 2.05) is 51.1 Å². The Hall–Kier alpha value is -1.75. The zero-order valence-electron chi connectivity index (χ0n) is 12.1. The second kappa shape index (κ2) is 5.71. The number of rotatable bonds is 2. The van der Waals surface area contributed by atoms with Crippen LogP contribution >= 0.6 is 0 Å². The van der Waals surface area contributed by atoms with Gasteiger partial charge in [0.2, 0.25) is 0 Å². The molecule has 5 nitrogen and oxygen atoms in total. The number of amides is 1. The third-order valence-corrected chi connectivity index (χ3v) is 2.92. The van der Waals surface area contributed by atoms with Crippen molar-refractivity contribution in [1.82, 2.24) is 4.90 Å². The number of nitrogens with zero attached hydrogens (tertiary/aromatic N) is 1. The predicted molar refractivity (Wildman–Crippen MR) is 74.7 cm³/mol. The van der Waals surface area contributed by atoms with Crippen molar-refractivity contribution in [1.29, 1.82) is 0 Å². The van der Waals surface area contributed by atoms with E-state index in [4.69, 9.17) is 9.47 Å². The molecular weight excluding hydrogens is 258 g/mol. The summed E-state index contributed by atoms with van der Waals surface area (Å²) in [5.74, 6) is 0.683. The Kier molecular flexibility index (Phi) is 4.18. The summed E-state index contributed by atoms with van der Waals surface area (Å²) >= 11 is 0. The zero-order valence-corrected chi connectivity index (χ0v) is 12.1. The molecule has 1 N–H and O–H groups in total. The van der Waals surface area contributed by atoms with Gasteiger partial charge in [0.15, 0.2) is 0 Å². The summed E-state index contributed by atoms with van der Waals surface area (Å²) in [7, 11) is 0. The van der Waals surface area contributed by atoms with E-state index in [2.05, 4.69) is 0 Å². The SMILES string of the molecule is CC(C)(C)OC(=O)N1C[C@@H](O)[C@H](Oc2ccccc2)C1. The number of para-hydroxylation sites is 1. The van der Waals surface area contributed by atoms with Gasteiger partial charge in [0.25, 0.3) is 0 Å². The number of hydrogen-bond acceptors (Lipinski definition) is 4. The average molecular weight is 279 g/mol. The molecule has 1 heterocycles. The molecule has 0 spiro atoms. The van der Waals surface area contributed by atoms with E-state index in [0.717, 1.165) is 0 Å². The maximum atomic E-state index is 11.9. The summed E-state index contributed by atoms with van der Waals surface area (Å²) in [5, 5.41) is 9.99. The van der Waals surface area contributed by atoms with Gasteiger partial charge in [-0.2, -0.15) is 0 Å². The Morgan fingerprint density at radius 2 is 1.90 bits per heavy atom. The highest BCUT2D eigenvalue weighted by atomic mass is 16.6. The minimum absolute atomic E-state index is 0.229. The molecule has 5 heteroatoms. The quantitative estimate of drug-likeness (QED) is 0.900. The van der Waals surface area contributed by atoms with Crippen molar-refractivity contribution in [3.05, 3.63) is 30.3 Å². The lowest BCUT2D eigenvalue weighted by Crippen LogP contribution is -2.36. The predicted octanol–water partition coefficient (Wildman–Crippen LogP) is 2.05. The van der Waals surface area contributed by atoms with Crippen LogP contribution in [0.25, 0.3) is 0 Å². The van der Waals surface area contributed by atoms with E-state index in [1.54, 1.807) is 0 Å². The number of aliphatic hydroxyl groups is 1. The molecule has 2 atom stereocenters. The molecule has 1 aromatic rings. The van der Waals surface area contributed by atoms with Gasteiger partial charge in [-0.1, -0.05) is 18.2 Å². The molecule has 0 saturated carbocycles. The molecule has 0 aromatic heterocycles. The van der Waals surface area contributed by atoms with Gasteiger partial charge >= 0.3 is 6.09 Å². The van der Waals surface area contributed by atoms with Crippen LogP contribution in [0.3, 0.4) is 0 Å². The van der Waals surface area contributed by atoms with Crippen LogP contribution in [0.1, 0.15) is 20.8 Å². The molecule has 1 saturated heterocycles. The second-order valence-electron chi connectivity index (χ2n) is 5.92. The number of carbonyl (C=O) groups is 1. The van der Waals surface area contributed by atoms with E-state index in [9.17, 15) is 9.90 Å². The third kappa shape index (κ3) is 3.87. The lowest BCUT2D eigenvalue weighted by molar-refractivity contribution is 0.0268. The Balaban J connectivity index is 1.94. The van der Waals surface area contributed by atoms with Gasteiger partial charge in [-0.25, -0.2) is 4.79 Å². The second-order valence-corrected chi connectivity index (χ2v) is 5.92. The summed E-state index contributed by atoms with van der Waals surface area (Å²) in [6.45, 7) is 6.00. The molecule has 1 aliphatic heterocycles. The summed E-state index contributed by atoms with van der Waals surface area (Å²) in [4.78, 5) is 13.4. The van der Waals surface area contributed by atoms with Gasteiger partial charge in [0, 0.05) is 0 Å². The van der Waals surface area contributed by atoms with Gasteiger partial charge in [-0.05, 0) is 32.9 Å². The maximum Gasteiger partial charge on any atom is 0.410 e. The van der Waals surface area contributed by atoms with E-state index in [1.165, 1.54) is 4.90 Å². The van der Waals surface area contributed by atoms with Crippen LogP contribution in [0.5, 0.6) is 5.75 Å². The lowest BCUT2D eigenvalue weighted by atomic mass is 10.2. The molecule has 0 bridgehead atoms. The standard InChI is InChI=1S/C15H21NO4/c1-15(2,3)20-14(18)16-9-12(17)13(10-16)19-11-7-5-4-6-8-11/h4-8,12-13,17H,9-10H2,1-3H3/t12-,13-/m1/s1. The number of benzene rings is 1. The number of ether oxygens (including phenoxy) is 2. The number of carbonyl (C=O) groups excluding carboxylic acids is 1. The van der Waals surface area contributed by atoms with E-state index >= 15 is 0 Å². The van der Waals surface area contributed by atoms with E-state index in [-0.39, 0.29) is 6.54 Å². The normalized spacial score (nSPS) is 22.7.